The van der Waals surface area contributed by atoms with Crippen LogP contribution in [-0.2, 0) is 8.31 Å². The third kappa shape index (κ3) is 2.58. The largest absolute Gasteiger partial charge is 0.159 e. The average Bonchev–Trinajstić information content (AvgIpc) is 1.37. The van der Waals surface area contributed by atoms with E-state index in [4.69, 9.17) is 0 Å². The van der Waals surface area contributed by atoms with Crippen LogP contribution in [0.4, 0.5) is 4.53 Å². The summed E-state index contributed by atoms with van der Waals surface area (Å²) < 4.78 is 13.3. The highest BCUT2D eigenvalue weighted by Gasteiger charge is 1.59. The number of rotatable bonds is 1. The lowest BCUT2D eigenvalue weighted by Gasteiger charge is -1.65. The Balaban J connectivity index is 1.97. The van der Waals surface area contributed by atoms with Crippen LogP contribution in [0.2, 0.25) is 0 Å². The first-order chi connectivity index (χ1) is 1.91. The normalized spacial score (nSPS) is 7.50. The van der Waals surface area contributed by atoms with Crippen molar-refractivity contribution in [1.29, 1.82) is 0 Å². The third-order valence-corrected chi connectivity index (χ3v) is 0.160. The summed E-state index contributed by atoms with van der Waals surface area (Å²) in [4.78, 5) is 0. The van der Waals surface area contributed by atoms with Gasteiger partial charge in [-0.05, 0) is 9.62 Å². The van der Waals surface area contributed by atoms with Gasteiger partial charge in [-0.2, -0.15) is 0 Å². The van der Waals surface area contributed by atoms with Crippen molar-refractivity contribution in [1.82, 2.24) is 0 Å². The molecule has 0 unspecified atom stereocenters. The van der Waals surface area contributed by atoms with Crippen molar-refractivity contribution in [2.24, 2.45) is 0 Å². The highest BCUT2D eigenvalue weighted by atomic mass is 127. The monoisotopic (exact) mass is 178 g/mol. The fraction of sp³-hybridized carbons (Fsp3) is 0. The molecule has 0 aromatic carbocycles. The van der Waals surface area contributed by atoms with E-state index in [2.05, 4.69) is 8.31 Å². The van der Waals surface area contributed by atoms with Crippen LogP contribution >= 0.6 is 23.0 Å². The van der Waals surface area contributed by atoms with Crippen LogP contribution in [-0.4, -0.2) is 0 Å². The van der Waals surface area contributed by atoms with Gasteiger partial charge in [-0.25, -0.2) is 0 Å². The molecule has 0 aliphatic rings. The molecule has 0 aliphatic carbocycles. The summed E-state index contributed by atoms with van der Waals surface area (Å²) in [6.07, 6.45) is 0. The standard InChI is InChI=1S/FIO2/c1-3-4-2. The van der Waals surface area contributed by atoms with Gasteiger partial charge in [0.1, 0.15) is 0 Å². The van der Waals surface area contributed by atoms with Crippen LogP contribution in [0.5, 0.6) is 0 Å². The Hall–Kier alpha value is 0.580. The Kier molecular flexibility index (Phi) is 4.10. The molecule has 0 atom stereocenters. The quantitative estimate of drug-likeness (QED) is 0.340. The molecule has 4 heteroatoms. The van der Waals surface area contributed by atoms with Gasteiger partial charge in [0.25, 0.3) is 0 Å². The summed E-state index contributed by atoms with van der Waals surface area (Å²) in [5.41, 5.74) is 0. The lowest BCUT2D eigenvalue weighted by Crippen LogP contribution is -1.53. The Morgan fingerprint density at radius 1 is 1.75 bits per heavy atom. The Morgan fingerprint density at radius 2 is 2.00 bits per heavy atom. The first-order valence-electron chi connectivity index (χ1n) is 0.475. The van der Waals surface area contributed by atoms with Gasteiger partial charge in [-0.15, -0.1) is 3.22 Å². The van der Waals surface area contributed by atoms with E-state index in [0.717, 1.165) is 0 Å². The number of halogens is 2. The van der Waals surface area contributed by atoms with E-state index >= 15 is 0 Å². The van der Waals surface area contributed by atoms with Crippen LogP contribution in [0.1, 0.15) is 0 Å². The molecule has 0 saturated carbocycles. The maximum Gasteiger partial charge on any atom is 0.159 e. The van der Waals surface area contributed by atoms with Gasteiger partial charge >= 0.3 is 0 Å². The topological polar surface area (TPSA) is 18.5 Å². The molecule has 0 aromatic rings. The molecular weight excluding hydrogens is 178 g/mol. The van der Waals surface area contributed by atoms with Gasteiger partial charge in [0.2, 0.25) is 0 Å². The summed E-state index contributed by atoms with van der Waals surface area (Å²) >= 11 is 1.25. The molecule has 0 rings (SSSR count). The molecule has 0 aliphatic heterocycles. The van der Waals surface area contributed by atoms with E-state index in [1.807, 2.05) is 0 Å². The second-order valence-electron chi connectivity index (χ2n) is 0.126. The fourth-order valence-corrected chi connectivity index (χ4v) is 0. The van der Waals surface area contributed by atoms with E-state index in [9.17, 15) is 4.53 Å². The molecule has 0 bridgehead atoms. The molecule has 2 nitrogen and oxygen atoms in total. The van der Waals surface area contributed by atoms with Crippen molar-refractivity contribution in [3.05, 3.63) is 0 Å². The van der Waals surface area contributed by atoms with Gasteiger partial charge in [-0.3, -0.25) is 0 Å². The SMILES string of the molecule is FOOI. The predicted octanol–water partition coefficient (Wildman–Crippen LogP) is 1.17. The van der Waals surface area contributed by atoms with Crippen molar-refractivity contribution >= 4 is 23.0 Å². The zero-order valence-corrected chi connectivity index (χ0v) is 3.73. The highest BCUT2D eigenvalue weighted by Crippen LogP contribution is 1.83. The van der Waals surface area contributed by atoms with Crippen molar-refractivity contribution in [2.75, 3.05) is 0 Å². The summed E-state index contributed by atoms with van der Waals surface area (Å²) in [6.45, 7) is 0. The molecule has 26 valence electrons. The fourth-order valence-electron chi connectivity index (χ4n) is 0. The number of hydrogen-bond donors (Lipinski definition) is 0. The molecular formula is FIO2. The lowest BCUT2D eigenvalue weighted by atomic mass is 14.9. The van der Waals surface area contributed by atoms with Crippen LogP contribution in [0, 0.1) is 0 Å². The van der Waals surface area contributed by atoms with Crippen molar-refractivity contribution in [3.8, 4) is 0 Å². The maximum absolute atomic E-state index is 9.99. The Labute approximate surface area is 36.4 Å². The van der Waals surface area contributed by atoms with Crippen molar-refractivity contribution in [2.45, 2.75) is 0 Å². The molecule has 0 N–H and O–H groups in total. The van der Waals surface area contributed by atoms with E-state index in [1.54, 1.807) is 0 Å². The minimum absolute atomic E-state index is 1.25. The summed E-state index contributed by atoms with van der Waals surface area (Å²) in [7, 11) is 0. The van der Waals surface area contributed by atoms with Crippen LogP contribution < -0.4 is 0 Å². The van der Waals surface area contributed by atoms with E-state index in [0.29, 0.717) is 0 Å². The maximum atomic E-state index is 9.99. The van der Waals surface area contributed by atoms with Gasteiger partial charge < -0.3 is 0 Å². The summed E-state index contributed by atoms with van der Waals surface area (Å²) in [6, 6.07) is 0. The Bertz CT molecular complexity index is 8.00. The van der Waals surface area contributed by atoms with Crippen molar-refractivity contribution in [3.63, 3.8) is 0 Å². The van der Waals surface area contributed by atoms with Gasteiger partial charge in [0.15, 0.2) is 23.0 Å². The first-order valence-corrected chi connectivity index (χ1v) is 1.36. The molecule has 0 saturated heterocycles. The predicted molar refractivity (Wildman–Crippen MR) is 17.3 cm³/mol. The molecule has 0 aromatic heterocycles. The molecule has 0 spiro atoms. The average molecular weight is 178 g/mol. The minimum atomic E-state index is 1.25. The third-order valence-electron chi connectivity index (χ3n) is 0.0238. The highest BCUT2D eigenvalue weighted by molar-refractivity contribution is 14.1. The summed E-state index contributed by atoms with van der Waals surface area (Å²) in [5.74, 6) is 0. The van der Waals surface area contributed by atoms with Gasteiger partial charge in [0, 0.05) is 0 Å². The van der Waals surface area contributed by atoms with E-state index < -0.39 is 0 Å². The molecule has 0 radical (unpaired) electrons. The van der Waals surface area contributed by atoms with Crippen molar-refractivity contribution < 1.29 is 12.8 Å². The van der Waals surface area contributed by atoms with Crippen LogP contribution in [0.25, 0.3) is 0 Å². The first kappa shape index (κ1) is 4.58. The van der Waals surface area contributed by atoms with Crippen LogP contribution in [0.3, 0.4) is 0 Å². The smallest absolute Gasteiger partial charge is 0.131 e. The van der Waals surface area contributed by atoms with Crippen LogP contribution in [0.15, 0.2) is 0 Å². The lowest BCUT2D eigenvalue weighted by molar-refractivity contribution is -0.341. The zero-order chi connectivity index (χ0) is 3.41. The van der Waals surface area contributed by atoms with Gasteiger partial charge in [0.05, 0.1) is 0 Å². The van der Waals surface area contributed by atoms with Gasteiger partial charge in [-0.1, -0.05) is 0 Å². The molecule has 0 amide bonds. The second-order valence-corrected chi connectivity index (χ2v) is 0.486. The second kappa shape index (κ2) is 3.58. The van der Waals surface area contributed by atoms with E-state index in [1.165, 1.54) is 23.0 Å². The minimum Gasteiger partial charge on any atom is -0.131 e. The number of hydrogen-bond acceptors (Lipinski definition) is 2. The van der Waals surface area contributed by atoms with E-state index in [-0.39, 0.29) is 0 Å². The zero-order valence-electron chi connectivity index (χ0n) is 1.57. The molecule has 4 heavy (non-hydrogen) atoms. The summed E-state index contributed by atoms with van der Waals surface area (Å²) in [5, 5.41) is 2.53. The molecule has 0 heterocycles. The molecule has 0 fully saturated rings. The Morgan fingerprint density at radius 3 is 2.00 bits per heavy atom.